The first-order valence-electron chi connectivity index (χ1n) is 4.97. The molecule has 0 spiro atoms. The van der Waals surface area contributed by atoms with Crippen molar-refractivity contribution in [2.75, 3.05) is 0 Å². The average molecular weight is 249 g/mol. The van der Waals surface area contributed by atoms with E-state index in [2.05, 4.69) is 10.2 Å². The van der Waals surface area contributed by atoms with Gasteiger partial charge in [0.2, 0.25) is 0 Å². The van der Waals surface area contributed by atoms with Crippen molar-refractivity contribution in [3.63, 3.8) is 0 Å². The molecule has 2 aromatic rings. The normalized spacial score (nSPS) is 12.3. The highest BCUT2D eigenvalue weighted by atomic mass is 32.2. The van der Waals surface area contributed by atoms with Gasteiger partial charge in [-0.3, -0.25) is 4.79 Å². The fourth-order valence-corrected chi connectivity index (χ4v) is 2.29. The van der Waals surface area contributed by atoms with Crippen LogP contribution in [0.2, 0.25) is 0 Å². The van der Waals surface area contributed by atoms with Crippen LogP contribution in [-0.2, 0) is 11.8 Å². The van der Waals surface area contributed by atoms with Gasteiger partial charge in [-0.2, -0.15) is 0 Å². The Morgan fingerprint density at radius 3 is 2.65 bits per heavy atom. The Balaban J connectivity index is 2.26. The summed E-state index contributed by atoms with van der Waals surface area (Å²) in [6.45, 7) is 0. The van der Waals surface area contributed by atoms with Crippen molar-refractivity contribution in [1.29, 1.82) is 0 Å². The standard InChI is InChI=1S/C11H11N3O2S/c1-14-7-12-13-11(14)17-9(10(15)16)8-5-3-2-4-6-8/h2-7,9H,1H3,(H,15,16)/t9-/m1/s1. The van der Waals surface area contributed by atoms with E-state index in [4.69, 9.17) is 0 Å². The first kappa shape index (κ1) is 11.7. The third-order valence-corrected chi connectivity index (χ3v) is 3.51. The van der Waals surface area contributed by atoms with E-state index in [1.165, 1.54) is 11.8 Å². The minimum Gasteiger partial charge on any atom is -0.480 e. The van der Waals surface area contributed by atoms with E-state index in [0.29, 0.717) is 5.16 Å². The Morgan fingerprint density at radius 1 is 1.41 bits per heavy atom. The van der Waals surface area contributed by atoms with Crippen LogP contribution in [-0.4, -0.2) is 25.8 Å². The zero-order valence-corrected chi connectivity index (χ0v) is 9.96. The molecule has 0 aliphatic carbocycles. The van der Waals surface area contributed by atoms with Gasteiger partial charge in [-0.1, -0.05) is 42.1 Å². The predicted octanol–water partition coefficient (Wildman–Crippen LogP) is 1.73. The van der Waals surface area contributed by atoms with E-state index in [1.54, 1.807) is 30.1 Å². The molecule has 17 heavy (non-hydrogen) atoms. The Morgan fingerprint density at radius 2 is 2.12 bits per heavy atom. The number of carboxylic acid groups (broad SMARTS) is 1. The summed E-state index contributed by atoms with van der Waals surface area (Å²) in [5.41, 5.74) is 0.744. The number of benzene rings is 1. The van der Waals surface area contributed by atoms with Gasteiger partial charge in [0.05, 0.1) is 0 Å². The van der Waals surface area contributed by atoms with Crippen LogP contribution in [0.4, 0.5) is 0 Å². The first-order valence-corrected chi connectivity index (χ1v) is 5.85. The molecule has 88 valence electrons. The number of aryl methyl sites for hydroxylation is 1. The number of thioether (sulfide) groups is 1. The second kappa shape index (κ2) is 5.01. The lowest BCUT2D eigenvalue weighted by Gasteiger charge is -2.11. The zero-order chi connectivity index (χ0) is 12.3. The molecule has 6 heteroatoms. The molecule has 1 aromatic heterocycles. The third kappa shape index (κ3) is 2.65. The van der Waals surface area contributed by atoms with Crippen molar-refractivity contribution in [1.82, 2.24) is 14.8 Å². The van der Waals surface area contributed by atoms with Crippen molar-refractivity contribution in [3.05, 3.63) is 42.2 Å². The predicted molar refractivity (Wildman–Crippen MR) is 63.7 cm³/mol. The van der Waals surface area contributed by atoms with Gasteiger partial charge >= 0.3 is 5.97 Å². The van der Waals surface area contributed by atoms with Crippen LogP contribution in [0, 0.1) is 0 Å². The maximum Gasteiger partial charge on any atom is 0.321 e. The number of hydrogen-bond donors (Lipinski definition) is 1. The summed E-state index contributed by atoms with van der Waals surface area (Å²) in [5, 5.41) is 16.8. The van der Waals surface area contributed by atoms with Gasteiger partial charge in [-0.15, -0.1) is 10.2 Å². The molecule has 5 nitrogen and oxygen atoms in total. The van der Waals surface area contributed by atoms with E-state index in [0.717, 1.165) is 5.56 Å². The fraction of sp³-hybridized carbons (Fsp3) is 0.182. The molecular formula is C11H11N3O2S. The van der Waals surface area contributed by atoms with E-state index in [1.807, 2.05) is 18.2 Å². The smallest absolute Gasteiger partial charge is 0.321 e. The van der Waals surface area contributed by atoms with Gasteiger partial charge in [0.15, 0.2) is 5.16 Å². The second-order valence-corrected chi connectivity index (χ2v) is 4.54. The van der Waals surface area contributed by atoms with Crippen LogP contribution in [0.15, 0.2) is 41.8 Å². The lowest BCUT2D eigenvalue weighted by atomic mass is 10.1. The third-order valence-electron chi connectivity index (χ3n) is 2.22. The Bertz CT molecular complexity index is 512. The number of hydrogen-bond acceptors (Lipinski definition) is 4. The SMILES string of the molecule is Cn1cnnc1S[C@@H](C(=O)O)c1ccccc1. The average Bonchev–Trinajstić information content (AvgIpc) is 2.72. The van der Waals surface area contributed by atoms with Crippen LogP contribution in [0.25, 0.3) is 0 Å². The summed E-state index contributed by atoms with van der Waals surface area (Å²) in [5.74, 6) is -0.885. The zero-order valence-electron chi connectivity index (χ0n) is 9.15. The number of aliphatic carboxylic acids is 1. The fourth-order valence-electron chi connectivity index (χ4n) is 1.37. The number of rotatable bonds is 4. The molecule has 0 aliphatic heterocycles. The summed E-state index contributed by atoms with van der Waals surface area (Å²) in [7, 11) is 1.78. The second-order valence-electron chi connectivity index (χ2n) is 3.47. The number of carboxylic acids is 1. The van der Waals surface area contributed by atoms with Crippen molar-refractivity contribution in [2.45, 2.75) is 10.4 Å². The molecular weight excluding hydrogens is 238 g/mol. The summed E-state index contributed by atoms with van der Waals surface area (Å²) in [6, 6.07) is 9.09. The highest BCUT2D eigenvalue weighted by Gasteiger charge is 2.23. The molecule has 0 bridgehead atoms. The number of aromatic nitrogens is 3. The van der Waals surface area contributed by atoms with E-state index in [-0.39, 0.29) is 0 Å². The van der Waals surface area contributed by atoms with Crippen molar-refractivity contribution >= 4 is 17.7 Å². The summed E-state index contributed by atoms with van der Waals surface area (Å²) in [6.07, 6.45) is 1.55. The monoisotopic (exact) mass is 249 g/mol. The van der Waals surface area contributed by atoms with Crippen molar-refractivity contribution in [3.8, 4) is 0 Å². The van der Waals surface area contributed by atoms with E-state index < -0.39 is 11.2 Å². The summed E-state index contributed by atoms with van der Waals surface area (Å²) >= 11 is 1.17. The molecule has 0 amide bonds. The largest absolute Gasteiger partial charge is 0.480 e. The topological polar surface area (TPSA) is 68.0 Å². The van der Waals surface area contributed by atoms with Crippen LogP contribution in [0.5, 0.6) is 0 Å². The highest BCUT2D eigenvalue weighted by molar-refractivity contribution is 8.00. The summed E-state index contributed by atoms with van der Waals surface area (Å²) < 4.78 is 1.70. The molecule has 1 heterocycles. The highest BCUT2D eigenvalue weighted by Crippen LogP contribution is 2.33. The molecule has 2 rings (SSSR count). The molecule has 0 saturated heterocycles. The molecule has 0 fully saturated rings. The van der Waals surface area contributed by atoms with Crippen LogP contribution < -0.4 is 0 Å². The molecule has 0 unspecified atom stereocenters. The Labute approximate surface area is 102 Å². The number of nitrogens with zero attached hydrogens (tertiary/aromatic N) is 3. The first-order chi connectivity index (χ1) is 8.18. The van der Waals surface area contributed by atoms with Gasteiger partial charge in [0, 0.05) is 7.05 Å². The van der Waals surface area contributed by atoms with Crippen molar-refractivity contribution < 1.29 is 9.90 Å². The Kier molecular flexibility index (Phi) is 3.43. The van der Waals surface area contributed by atoms with E-state index >= 15 is 0 Å². The van der Waals surface area contributed by atoms with Gasteiger partial charge in [0.25, 0.3) is 0 Å². The summed E-state index contributed by atoms with van der Waals surface area (Å²) in [4.78, 5) is 11.3. The lowest BCUT2D eigenvalue weighted by Crippen LogP contribution is -2.08. The molecule has 1 atom stereocenters. The van der Waals surface area contributed by atoms with Crippen LogP contribution >= 0.6 is 11.8 Å². The molecule has 0 radical (unpaired) electrons. The van der Waals surface area contributed by atoms with Gasteiger partial charge in [-0.05, 0) is 5.56 Å². The Hall–Kier alpha value is -1.82. The minimum atomic E-state index is -0.885. The molecule has 0 saturated carbocycles. The molecule has 1 aromatic carbocycles. The van der Waals surface area contributed by atoms with Gasteiger partial charge in [0.1, 0.15) is 11.6 Å². The van der Waals surface area contributed by atoms with Gasteiger partial charge < -0.3 is 9.67 Å². The maximum atomic E-state index is 11.3. The van der Waals surface area contributed by atoms with Gasteiger partial charge in [-0.25, -0.2) is 0 Å². The lowest BCUT2D eigenvalue weighted by molar-refractivity contribution is -0.136. The minimum absolute atomic E-state index is 0.584. The van der Waals surface area contributed by atoms with Crippen LogP contribution in [0.1, 0.15) is 10.8 Å². The van der Waals surface area contributed by atoms with Crippen molar-refractivity contribution in [2.24, 2.45) is 7.05 Å². The molecule has 0 aliphatic rings. The number of carbonyl (C=O) groups is 1. The molecule has 1 N–H and O–H groups in total. The quantitative estimate of drug-likeness (QED) is 0.836. The maximum absolute atomic E-state index is 11.3. The van der Waals surface area contributed by atoms with Crippen LogP contribution in [0.3, 0.4) is 0 Å². The van der Waals surface area contributed by atoms with E-state index in [9.17, 15) is 9.90 Å².